The lowest BCUT2D eigenvalue weighted by atomic mass is 9.53. The van der Waals surface area contributed by atoms with E-state index < -0.39 is 8.07 Å². The Morgan fingerprint density at radius 2 is 1.25 bits per heavy atom. The van der Waals surface area contributed by atoms with Crippen LogP contribution in [0, 0.1) is 0 Å². The minimum absolute atomic E-state index is 0.130. The molecule has 0 amide bonds. The van der Waals surface area contributed by atoms with Crippen molar-refractivity contribution < 1.29 is 18.6 Å². The Bertz CT molecular complexity index is 208. The van der Waals surface area contributed by atoms with Gasteiger partial charge in [-0.05, 0) is 0 Å². The molecule has 0 spiro atoms. The Morgan fingerprint density at radius 3 is 1.56 bits per heavy atom. The molecule has 2 rings (SSSR count). The summed E-state index contributed by atoms with van der Waals surface area (Å²) < 4.78 is 22.5. The van der Waals surface area contributed by atoms with Gasteiger partial charge in [-0.15, -0.1) is 0 Å². The zero-order valence-corrected chi connectivity index (χ0v) is 11.4. The Morgan fingerprint density at radius 1 is 0.875 bits per heavy atom. The summed E-state index contributed by atoms with van der Waals surface area (Å²) in [7, 11) is -1.43. The topological polar surface area (TPSA) is 36.9 Å². The van der Waals surface area contributed by atoms with Crippen LogP contribution in [0.2, 0.25) is 31.4 Å². The van der Waals surface area contributed by atoms with Crippen molar-refractivity contribution in [1.82, 2.24) is 0 Å². The van der Waals surface area contributed by atoms with E-state index in [4.69, 9.17) is 18.6 Å². The van der Waals surface area contributed by atoms with E-state index in [0.717, 1.165) is 6.04 Å². The summed E-state index contributed by atoms with van der Waals surface area (Å²) in [6, 6.07) is 1.11. The molecule has 7 heteroatoms. The van der Waals surface area contributed by atoms with Gasteiger partial charge in [0.25, 0.3) is 0 Å². The summed E-state index contributed by atoms with van der Waals surface area (Å²) in [5.41, 5.74) is 0.233. The van der Waals surface area contributed by atoms with E-state index in [2.05, 4.69) is 19.6 Å². The number of hydrogen-bond acceptors (Lipinski definition) is 4. The van der Waals surface area contributed by atoms with Gasteiger partial charge in [0, 0.05) is 13.8 Å². The molecule has 0 N–H and O–H groups in total. The van der Waals surface area contributed by atoms with Crippen LogP contribution in [-0.2, 0) is 18.6 Å². The zero-order chi connectivity index (χ0) is 11.6. The van der Waals surface area contributed by atoms with Crippen molar-refractivity contribution in [2.45, 2.75) is 31.4 Å². The molecule has 2 saturated heterocycles. The number of rotatable bonds is 4. The van der Waals surface area contributed by atoms with Gasteiger partial charge in [0.05, 0.1) is 26.4 Å². The third-order valence-corrected chi connectivity index (χ3v) is 4.54. The van der Waals surface area contributed by atoms with Gasteiger partial charge in [-0.1, -0.05) is 25.7 Å². The van der Waals surface area contributed by atoms with E-state index in [-0.39, 0.29) is 20.0 Å². The first-order valence-corrected chi connectivity index (χ1v) is 9.73. The molecule has 2 aliphatic heterocycles. The van der Waals surface area contributed by atoms with Crippen molar-refractivity contribution in [3.8, 4) is 0 Å². The highest BCUT2D eigenvalue weighted by atomic mass is 28.3. The third-order valence-electron chi connectivity index (χ3n) is 2.84. The fraction of sp³-hybridized carbons (Fsp3) is 1.00. The zero-order valence-electron chi connectivity index (χ0n) is 10.4. The average molecular weight is 242 g/mol. The molecule has 90 valence electrons. The monoisotopic (exact) mass is 242 g/mol. The Labute approximate surface area is 99.3 Å². The minimum Gasteiger partial charge on any atom is -0.409 e. The molecule has 0 bridgehead atoms. The molecule has 2 aliphatic rings. The van der Waals surface area contributed by atoms with E-state index in [0.29, 0.717) is 26.4 Å². The molecular formula is C9H20B2O4Si. The SMILES string of the molecule is C[Si](C)(C)CC(B1OCCO1)B1OCCO1. The molecule has 2 fully saturated rings. The molecule has 2 heterocycles. The quantitative estimate of drug-likeness (QED) is 0.696. The number of hydrogen-bond donors (Lipinski definition) is 0. The van der Waals surface area contributed by atoms with Gasteiger partial charge in [0.15, 0.2) is 0 Å². The van der Waals surface area contributed by atoms with Gasteiger partial charge in [-0.2, -0.15) is 0 Å². The van der Waals surface area contributed by atoms with E-state index in [1.807, 2.05) is 0 Å². The third kappa shape index (κ3) is 3.34. The van der Waals surface area contributed by atoms with E-state index in [9.17, 15) is 0 Å². The maximum Gasteiger partial charge on any atom is 0.457 e. The Hall–Kier alpha value is 0.187. The van der Waals surface area contributed by atoms with Crippen molar-refractivity contribution in [2.24, 2.45) is 0 Å². The van der Waals surface area contributed by atoms with Gasteiger partial charge < -0.3 is 18.6 Å². The van der Waals surface area contributed by atoms with Crippen LogP contribution < -0.4 is 0 Å². The second-order valence-corrected chi connectivity index (χ2v) is 11.2. The highest BCUT2D eigenvalue weighted by Crippen LogP contribution is 2.32. The maximum absolute atomic E-state index is 5.61. The second-order valence-electron chi connectivity index (χ2n) is 5.65. The van der Waals surface area contributed by atoms with Crippen molar-refractivity contribution in [3.63, 3.8) is 0 Å². The van der Waals surface area contributed by atoms with Gasteiger partial charge >= 0.3 is 14.2 Å². The molecule has 0 aliphatic carbocycles. The standard InChI is InChI=1S/C9H20B2O4Si/c1-16(2,3)8-9(10-12-4-5-13-10)11-14-6-7-15-11/h9H,4-8H2,1-3H3. The van der Waals surface area contributed by atoms with Crippen LogP contribution in [0.5, 0.6) is 0 Å². The molecule has 0 aromatic heterocycles. The molecule has 0 radical (unpaired) electrons. The first kappa shape index (κ1) is 12.6. The molecular weight excluding hydrogens is 222 g/mol. The van der Waals surface area contributed by atoms with E-state index >= 15 is 0 Å². The molecule has 4 nitrogen and oxygen atoms in total. The van der Waals surface area contributed by atoms with Crippen molar-refractivity contribution in [3.05, 3.63) is 0 Å². The summed E-state index contributed by atoms with van der Waals surface area (Å²) in [4.78, 5) is 0. The largest absolute Gasteiger partial charge is 0.457 e. The maximum atomic E-state index is 5.61. The second kappa shape index (κ2) is 5.22. The summed E-state index contributed by atoms with van der Waals surface area (Å²) in [5.74, 6) is 0. The first-order chi connectivity index (χ1) is 7.56. The Kier molecular flexibility index (Phi) is 4.13. The molecule has 0 saturated carbocycles. The van der Waals surface area contributed by atoms with Crippen LogP contribution in [0.3, 0.4) is 0 Å². The van der Waals surface area contributed by atoms with Gasteiger partial charge in [0.1, 0.15) is 0 Å². The molecule has 0 atom stereocenters. The predicted molar refractivity (Wildman–Crippen MR) is 67.2 cm³/mol. The van der Waals surface area contributed by atoms with E-state index in [1.54, 1.807) is 0 Å². The normalized spacial score (nSPS) is 22.5. The van der Waals surface area contributed by atoms with Crippen LogP contribution in [0.4, 0.5) is 0 Å². The lowest BCUT2D eigenvalue weighted by Crippen LogP contribution is -2.40. The lowest BCUT2D eigenvalue weighted by Gasteiger charge is -2.26. The Balaban J connectivity index is 1.99. The highest BCUT2D eigenvalue weighted by Gasteiger charge is 2.47. The van der Waals surface area contributed by atoms with E-state index in [1.165, 1.54) is 0 Å². The first-order valence-electron chi connectivity index (χ1n) is 6.03. The average Bonchev–Trinajstić information content (AvgIpc) is 2.86. The van der Waals surface area contributed by atoms with Gasteiger partial charge in [0.2, 0.25) is 0 Å². The lowest BCUT2D eigenvalue weighted by molar-refractivity contribution is 0.335. The summed E-state index contributed by atoms with van der Waals surface area (Å²) in [6.07, 6.45) is 0. The fourth-order valence-corrected chi connectivity index (χ4v) is 4.07. The van der Waals surface area contributed by atoms with Crippen molar-refractivity contribution in [2.75, 3.05) is 26.4 Å². The molecule has 0 aromatic carbocycles. The van der Waals surface area contributed by atoms with Gasteiger partial charge in [-0.25, -0.2) is 0 Å². The predicted octanol–water partition coefficient (Wildman–Crippen LogP) is 1.30. The summed E-state index contributed by atoms with van der Waals surface area (Å²) in [6.45, 7) is 9.83. The summed E-state index contributed by atoms with van der Waals surface area (Å²) >= 11 is 0. The van der Waals surface area contributed by atoms with Crippen LogP contribution in [0.25, 0.3) is 0 Å². The van der Waals surface area contributed by atoms with Crippen LogP contribution in [0.15, 0.2) is 0 Å². The van der Waals surface area contributed by atoms with Crippen LogP contribution in [0.1, 0.15) is 0 Å². The molecule has 0 aromatic rings. The molecule has 0 unspecified atom stereocenters. The van der Waals surface area contributed by atoms with Crippen molar-refractivity contribution in [1.29, 1.82) is 0 Å². The van der Waals surface area contributed by atoms with Crippen LogP contribution in [-0.4, -0.2) is 48.7 Å². The molecule has 16 heavy (non-hydrogen) atoms. The smallest absolute Gasteiger partial charge is 0.409 e. The fourth-order valence-electron chi connectivity index (χ4n) is 2.28. The summed E-state index contributed by atoms with van der Waals surface area (Å²) in [5, 5.41) is 0. The minimum atomic E-state index is -1.18. The van der Waals surface area contributed by atoms with Gasteiger partial charge in [-0.3, -0.25) is 0 Å². The van der Waals surface area contributed by atoms with Crippen molar-refractivity contribution >= 4 is 22.3 Å². The highest BCUT2D eigenvalue weighted by molar-refractivity contribution is 6.80. The van der Waals surface area contributed by atoms with Crippen LogP contribution >= 0.6 is 0 Å².